The number of carbonyl (C=O) groups is 2. The summed E-state index contributed by atoms with van der Waals surface area (Å²) in [5, 5.41) is 4.10. The molecule has 0 saturated heterocycles. The van der Waals surface area contributed by atoms with Crippen LogP contribution in [-0.4, -0.2) is 44.0 Å². The molecule has 0 unspecified atom stereocenters. The van der Waals surface area contributed by atoms with Crippen molar-refractivity contribution < 1.29 is 27.2 Å². The molecule has 0 aliphatic carbocycles. The highest BCUT2D eigenvalue weighted by Gasteiger charge is 2.33. The van der Waals surface area contributed by atoms with Gasteiger partial charge in [-0.3, -0.25) is 9.59 Å². The van der Waals surface area contributed by atoms with Gasteiger partial charge < -0.3 is 15.1 Å². The molecular formula is C19H20F3N5O3. The normalized spacial score (nSPS) is 11.8. The largest absolute Gasteiger partial charge is 0.467 e. The number of rotatable bonds is 7. The van der Waals surface area contributed by atoms with Gasteiger partial charge >= 0.3 is 6.18 Å². The Balaban J connectivity index is 1.80. The zero-order valence-corrected chi connectivity index (χ0v) is 16.4. The minimum Gasteiger partial charge on any atom is -0.467 e. The molecule has 0 saturated carbocycles. The number of nitrogens with zero attached hydrogens (tertiary/aromatic N) is 4. The zero-order valence-electron chi connectivity index (χ0n) is 16.4. The molecule has 3 rings (SSSR count). The van der Waals surface area contributed by atoms with Gasteiger partial charge in [0.25, 0.3) is 5.91 Å². The van der Waals surface area contributed by atoms with Crippen molar-refractivity contribution in [2.75, 3.05) is 6.54 Å². The van der Waals surface area contributed by atoms with Gasteiger partial charge in [-0.05, 0) is 38.0 Å². The van der Waals surface area contributed by atoms with E-state index in [1.807, 2.05) is 0 Å². The fourth-order valence-corrected chi connectivity index (χ4v) is 3.28. The number of primary amides is 1. The molecule has 0 fully saturated rings. The molecule has 160 valence electrons. The topological polar surface area (TPSA) is 107 Å². The second-order valence-corrected chi connectivity index (χ2v) is 6.86. The van der Waals surface area contributed by atoms with Crippen LogP contribution in [0.15, 0.2) is 29.0 Å². The molecule has 0 radical (unpaired) electrons. The predicted molar refractivity (Wildman–Crippen MR) is 99.5 cm³/mol. The molecule has 30 heavy (non-hydrogen) atoms. The molecule has 3 aromatic heterocycles. The van der Waals surface area contributed by atoms with Crippen LogP contribution in [-0.2, 0) is 17.8 Å². The Hall–Kier alpha value is -3.37. The Bertz CT molecular complexity index is 1070. The molecule has 0 bridgehead atoms. The second kappa shape index (κ2) is 8.17. The minimum atomic E-state index is -4.53. The number of hydrogen-bond donors (Lipinski definition) is 1. The first-order valence-electron chi connectivity index (χ1n) is 9.07. The van der Waals surface area contributed by atoms with E-state index in [-0.39, 0.29) is 30.7 Å². The van der Waals surface area contributed by atoms with Crippen molar-refractivity contribution in [3.63, 3.8) is 0 Å². The third-order valence-electron chi connectivity index (χ3n) is 4.71. The Morgan fingerprint density at radius 3 is 2.63 bits per heavy atom. The number of aryl methyl sites for hydroxylation is 2. The maximum absolute atomic E-state index is 12.9. The molecule has 0 aliphatic heterocycles. The van der Waals surface area contributed by atoms with Crippen LogP contribution >= 0.6 is 0 Å². The van der Waals surface area contributed by atoms with Crippen molar-refractivity contribution in [3.8, 4) is 0 Å². The van der Waals surface area contributed by atoms with Gasteiger partial charge in [0.05, 0.1) is 19.0 Å². The SMILES string of the molecule is Cc1nc2c(C(N)=O)cnn2c(C)c1CCC(=O)N(Cc1ccco1)CC(F)(F)F. The molecular weight excluding hydrogens is 403 g/mol. The second-order valence-electron chi connectivity index (χ2n) is 6.86. The van der Waals surface area contributed by atoms with E-state index in [2.05, 4.69) is 10.1 Å². The molecule has 0 spiro atoms. The van der Waals surface area contributed by atoms with Crippen molar-refractivity contribution in [2.45, 2.75) is 39.4 Å². The summed E-state index contributed by atoms with van der Waals surface area (Å²) in [4.78, 5) is 29.1. The predicted octanol–water partition coefficient (Wildman–Crippen LogP) is 2.56. The van der Waals surface area contributed by atoms with Crippen LogP contribution in [0.1, 0.15) is 39.5 Å². The number of nitrogens with two attached hydrogens (primary N) is 1. The van der Waals surface area contributed by atoms with Crippen LogP contribution in [0.5, 0.6) is 0 Å². The Labute approximate surface area is 169 Å². The van der Waals surface area contributed by atoms with Gasteiger partial charge in [-0.15, -0.1) is 0 Å². The standard InChI is InChI=1S/C19H20F3N5O3/c1-11-14(12(2)27-18(25-11)15(8-24-27)17(23)29)5-6-16(28)26(10-19(20,21)22)9-13-4-3-7-30-13/h3-4,7-8H,5-6,9-10H2,1-2H3,(H2,23,29). The van der Waals surface area contributed by atoms with Crippen LogP contribution in [0.2, 0.25) is 0 Å². The number of carbonyl (C=O) groups excluding carboxylic acids is 2. The van der Waals surface area contributed by atoms with Crippen LogP contribution in [0, 0.1) is 13.8 Å². The van der Waals surface area contributed by atoms with E-state index in [0.29, 0.717) is 27.5 Å². The summed E-state index contributed by atoms with van der Waals surface area (Å²) >= 11 is 0. The third kappa shape index (κ3) is 4.61. The fourth-order valence-electron chi connectivity index (χ4n) is 3.28. The van der Waals surface area contributed by atoms with Crippen molar-refractivity contribution in [3.05, 3.63) is 52.9 Å². The van der Waals surface area contributed by atoms with Crippen LogP contribution in [0.4, 0.5) is 13.2 Å². The number of fused-ring (bicyclic) bond motifs is 1. The summed E-state index contributed by atoms with van der Waals surface area (Å²) in [6, 6.07) is 3.06. The fraction of sp³-hybridized carbons (Fsp3) is 0.368. The van der Waals surface area contributed by atoms with Crippen molar-refractivity contribution in [1.29, 1.82) is 0 Å². The van der Waals surface area contributed by atoms with Crippen molar-refractivity contribution >= 4 is 17.5 Å². The smallest absolute Gasteiger partial charge is 0.406 e. The van der Waals surface area contributed by atoms with Gasteiger partial charge in [0.2, 0.25) is 5.91 Å². The molecule has 0 aliphatic rings. The number of aromatic nitrogens is 3. The number of furan rings is 1. The van der Waals surface area contributed by atoms with E-state index in [4.69, 9.17) is 10.2 Å². The lowest BCUT2D eigenvalue weighted by Crippen LogP contribution is -2.38. The number of hydrogen-bond acceptors (Lipinski definition) is 5. The summed E-state index contributed by atoms with van der Waals surface area (Å²) in [5.41, 5.74) is 7.62. The third-order valence-corrected chi connectivity index (χ3v) is 4.71. The lowest BCUT2D eigenvalue weighted by atomic mass is 10.1. The minimum absolute atomic E-state index is 0.157. The average molecular weight is 423 g/mol. The first-order valence-corrected chi connectivity index (χ1v) is 9.07. The lowest BCUT2D eigenvalue weighted by Gasteiger charge is -2.23. The molecule has 2 amide bonds. The van der Waals surface area contributed by atoms with E-state index < -0.39 is 24.5 Å². The molecule has 11 heteroatoms. The molecule has 3 aromatic rings. The quantitative estimate of drug-likeness (QED) is 0.629. The van der Waals surface area contributed by atoms with E-state index in [1.165, 1.54) is 23.0 Å². The first-order chi connectivity index (χ1) is 14.1. The monoisotopic (exact) mass is 423 g/mol. The van der Waals surface area contributed by atoms with Gasteiger partial charge in [-0.2, -0.15) is 18.3 Å². The summed E-state index contributed by atoms with van der Waals surface area (Å²) < 4.78 is 45.3. The van der Waals surface area contributed by atoms with Crippen LogP contribution in [0.3, 0.4) is 0 Å². The number of alkyl halides is 3. The molecule has 0 aromatic carbocycles. The van der Waals surface area contributed by atoms with E-state index in [0.717, 1.165) is 0 Å². The van der Waals surface area contributed by atoms with E-state index in [9.17, 15) is 22.8 Å². The molecule has 2 N–H and O–H groups in total. The number of amides is 2. The Morgan fingerprint density at radius 1 is 1.30 bits per heavy atom. The summed E-state index contributed by atoms with van der Waals surface area (Å²) in [7, 11) is 0. The Morgan fingerprint density at radius 2 is 2.03 bits per heavy atom. The van der Waals surface area contributed by atoms with Gasteiger partial charge in [-0.25, -0.2) is 9.50 Å². The molecule has 0 atom stereocenters. The lowest BCUT2D eigenvalue weighted by molar-refractivity contribution is -0.162. The summed E-state index contributed by atoms with van der Waals surface area (Å²) in [6.07, 6.45) is -1.88. The van der Waals surface area contributed by atoms with Gasteiger partial charge in [0.15, 0.2) is 5.65 Å². The first kappa shape index (κ1) is 21.3. The zero-order chi connectivity index (χ0) is 22.1. The highest BCUT2D eigenvalue weighted by Crippen LogP contribution is 2.22. The molecule has 3 heterocycles. The van der Waals surface area contributed by atoms with Gasteiger partial charge in [0, 0.05) is 17.8 Å². The van der Waals surface area contributed by atoms with Gasteiger partial charge in [-0.1, -0.05) is 0 Å². The summed E-state index contributed by atoms with van der Waals surface area (Å²) in [5.74, 6) is -1.07. The Kier molecular flexibility index (Phi) is 5.81. The van der Waals surface area contributed by atoms with Crippen molar-refractivity contribution in [2.24, 2.45) is 5.73 Å². The van der Waals surface area contributed by atoms with Crippen LogP contribution in [0.25, 0.3) is 5.65 Å². The average Bonchev–Trinajstić information content (AvgIpc) is 3.29. The van der Waals surface area contributed by atoms with E-state index in [1.54, 1.807) is 19.9 Å². The maximum atomic E-state index is 12.9. The maximum Gasteiger partial charge on any atom is 0.406 e. The van der Waals surface area contributed by atoms with Gasteiger partial charge in [0.1, 0.15) is 17.9 Å². The number of halogens is 3. The molecule has 8 nitrogen and oxygen atoms in total. The van der Waals surface area contributed by atoms with Crippen LogP contribution < -0.4 is 5.73 Å². The summed E-state index contributed by atoms with van der Waals surface area (Å²) in [6.45, 7) is 1.78. The van der Waals surface area contributed by atoms with Crippen molar-refractivity contribution in [1.82, 2.24) is 19.5 Å². The van der Waals surface area contributed by atoms with E-state index >= 15 is 0 Å². The highest BCUT2D eigenvalue weighted by molar-refractivity contribution is 5.98. The highest BCUT2D eigenvalue weighted by atomic mass is 19.4.